The minimum Gasteiger partial charge on any atom is -0.478 e. The maximum atomic E-state index is 13.7. The van der Waals surface area contributed by atoms with Crippen LogP contribution in [0.3, 0.4) is 0 Å². The van der Waals surface area contributed by atoms with Gasteiger partial charge in [-0.2, -0.15) is 0 Å². The van der Waals surface area contributed by atoms with Gasteiger partial charge in [-0.05, 0) is 48.9 Å². The standard InChI is InChI=1S/C24H17ClN4O2/c1-2-31-21-10-5-16-14-29(18-8-9-19-20(13-18)27-12-11-26-19)24(30)22(23(16)28-21)15-3-6-17(25)7-4-15/h3-14H,2H2,1H3. The third kappa shape index (κ3) is 3.51. The molecule has 0 saturated heterocycles. The summed E-state index contributed by atoms with van der Waals surface area (Å²) < 4.78 is 7.18. The van der Waals surface area contributed by atoms with Crippen molar-refractivity contribution in [2.45, 2.75) is 6.92 Å². The predicted octanol–water partition coefficient (Wildman–Crippen LogP) is 5.05. The zero-order valence-corrected chi connectivity index (χ0v) is 17.4. The summed E-state index contributed by atoms with van der Waals surface area (Å²) in [4.78, 5) is 27.0. The molecule has 0 aliphatic heterocycles. The molecule has 3 heterocycles. The van der Waals surface area contributed by atoms with E-state index in [1.807, 2.05) is 43.3 Å². The summed E-state index contributed by atoms with van der Waals surface area (Å²) in [6, 6.07) is 16.4. The largest absolute Gasteiger partial charge is 0.478 e. The van der Waals surface area contributed by atoms with Crippen LogP contribution in [0, 0.1) is 0 Å². The highest BCUT2D eigenvalue weighted by Crippen LogP contribution is 2.28. The first kappa shape index (κ1) is 19.2. The summed E-state index contributed by atoms with van der Waals surface area (Å²) >= 11 is 6.07. The Kier molecular flexibility index (Phi) is 4.84. The van der Waals surface area contributed by atoms with Gasteiger partial charge in [-0.3, -0.25) is 19.3 Å². The van der Waals surface area contributed by atoms with Crippen LogP contribution in [0.4, 0.5) is 0 Å². The molecule has 0 bridgehead atoms. The summed E-state index contributed by atoms with van der Waals surface area (Å²) in [7, 11) is 0. The first-order valence-electron chi connectivity index (χ1n) is 9.80. The van der Waals surface area contributed by atoms with E-state index in [1.54, 1.807) is 41.4 Å². The van der Waals surface area contributed by atoms with Crippen LogP contribution in [-0.2, 0) is 0 Å². The number of nitrogens with zero attached hydrogens (tertiary/aromatic N) is 4. The molecule has 0 radical (unpaired) electrons. The molecule has 152 valence electrons. The van der Waals surface area contributed by atoms with Gasteiger partial charge in [0.25, 0.3) is 5.56 Å². The number of benzene rings is 2. The van der Waals surface area contributed by atoms with Crippen molar-refractivity contribution in [2.24, 2.45) is 0 Å². The highest BCUT2D eigenvalue weighted by Gasteiger charge is 2.16. The zero-order valence-electron chi connectivity index (χ0n) is 16.6. The Labute approximate surface area is 182 Å². The van der Waals surface area contributed by atoms with Crippen molar-refractivity contribution in [2.75, 3.05) is 6.61 Å². The third-order valence-corrected chi connectivity index (χ3v) is 5.25. The summed E-state index contributed by atoms with van der Waals surface area (Å²) in [5.41, 5.74) is 3.77. The molecule has 0 unspecified atom stereocenters. The molecule has 0 amide bonds. The van der Waals surface area contributed by atoms with E-state index in [1.165, 1.54) is 0 Å². The Balaban J connectivity index is 1.81. The van der Waals surface area contributed by atoms with E-state index < -0.39 is 0 Å². The first-order chi connectivity index (χ1) is 15.1. The van der Waals surface area contributed by atoms with E-state index in [0.29, 0.717) is 39.8 Å². The monoisotopic (exact) mass is 428 g/mol. The average molecular weight is 429 g/mol. The van der Waals surface area contributed by atoms with E-state index in [-0.39, 0.29) is 5.56 Å². The SMILES string of the molecule is CCOc1ccc2cn(-c3ccc4nccnc4c3)c(=O)c(-c3ccc(Cl)cc3)c2n1. The Morgan fingerprint density at radius 3 is 2.52 bits per heavy atom. The quantitative estimate of drug-likeness (QED) is 0.400. The van der Waals surface area contributed by atoms with Gasteiger partial charge >= 0.3 is 0 Å². The van der Waals surface area contributed by atoms with E-state index in [0.717, 1.165) is 16.5 Å². The Bertz CT molecular complexity index is 1480. The second kappa shape index (κ2) is 7.81. The Morgan fingerprint density at radius 1 is 0.968 bits per heavy atom. The van der Waals surface area contributed by atoms with Crippen LogP contribution >= 0.6 is 11.6 Å². The molecule has 6 nitrogen and oxygen atoms in total. The lowest BCUT2D eigenvalue weighted by Crippen LogP contribution is -2.20. The second-order valence-corrected chi connectivity index (χ2v) is 7.37. The summed E-state index contributed by atoms with van der Waals surface area (Å²) in [6.07, 6.45) is 5.06. The average Bonchev–Trinajstić information content (AvgIpc) is 2.79. The fourth-order valence-corrected chi connectivity index (χ4v) is 3.70. The highest BCUT2D eigenvalue weighted by atomic mass is 35.5. The van der Waals surface area contributed by atoms with Crippen LogP contribution < -0.4 is 10.3 Å². The van der Waals surface area contributed by atoms with Gasteiger partial charge in [-0.15, -0.1) is 0 Å². The minimum absolute atomic E-state index is 0.195. The molecule has 5 aromatic rings. The van der Waals surface area contributed by atoms with Gasteiger partial charge in [0.1, 0.15) is 0 Å². The number of hydrogen-bond acceptors (Lipinski definition) is 5. The summed E-state index contributed by atoms with van der Waals surface area (Å²) in [5, 5.41) is 1.41. The predicted molar refractivity (Wildman–Crippen MR) is 122 cm³/mol. The van der Waals surface area contributed by atoms with Gasteiger partial charge in [0.15, 0.2) is 0 Å². The summed E-state index contributed by atoms with van der Waals surface area (Å²) in [6.45, 7) is 2.39. The highest BCUT2D eigenvalue weighted by molar-refractivity contribution is 6.30. The number of hydrogen-bond donors (Lipinski definition) is 0. The van der Waals surface area contributed by atoms with Crippen molar-refractivity contribution in [3.05, 3.63) is 88.6 Å². The Morgan fingerprint density at radius 2 is 1.74 bits per heavy atom. The molecule has 0 spiro atoms. The molecule has 0 atom stereocenters. The van der Waals surface area contributed by atoms with E-state index in [2.05, 4.69) is 15.0 Å². The maximum Gasteiger partial charge on any atom is 0.265 e. The number of pyridine rings is 2. The molecule has 0 N–H and O–H groups in total. The van der Waals surface area contributed by atoms with Gasteiger partial charge < -0.3 is 4.74 Å². The molecule has 7 heteroatoms. The zero-order chi connectivity index (χ0) is 21.4. The number of ether oxygens (including phenoxy) is 1. The van der Waals surface area contributed by atoms with Gasteiger partial charge in [0, 0.05) is 35.1 Å². The Hall–Kier alpha value is -3.77. The second-order valence-electron chi connectivity index (χ2n) is 6.94. The lowest BCUT2D eigenvalue weighted by molar-refractivity contribution is 0.328. The molecular formula is C24H17ClN4O2. The van der Waals surface area contributed by atoms with Crippen molar-refractivity contribution >= 4 is 33.5 Å². The lowest BCUT2D eigenvalue weighted by Gasteiger charge is -2.13. The number of halogens is 1. The van der Waals surface area contributed by atoms with Crippen molar-refractivity contribution < 1.29 is 4.74 Å². The molecule has 5 rings (SSSR count). The van der Waals surface area contributed by atoms with Gasteiger partial charge in [-0.1, -0.05) is 23.7 Å². The van der Waals surface area contributed by atoms with E-state index in [4.69, 9.17) is 16.3 Å². The third-order valence-electron chi connectivity index (χ3n) is 4.99. The van der Waals surface area contributed by atoms with Crippen LogP contribution in [0.25, 0.3) is 38.8 Å². The number of rotatable bonds is 4. The maximum absolute atomic E-state index is 13.7. The topological polar surface area (TPSA) is 69.9 Å². The normalized spacial score (nSPS) is 11.2. The van der Waals surface area contributed by atoms with Crippen molar-refractivity contribution in [1.82, 2.24) is 19.5 Å². The molecule has 31 heavy (non-hydrogen) atoms. The van der Waals surface area contributed by atoms with Crippen LogP contribution in [0.5, 0.6) is 5.88 Å². The fraction of sp³-hybridized carbons (Fsp3) is 0.0833. The van der Waals surface area contributed by atoms with Crippen LogP contribution in [-0.4, -0.2) is 26.1 Å². The molecule has 0 fully saturated rings. The lowest BCUT2D eigenvalue weighted by atomic mass is 10.0. The van der Waals surface area contributed by atoms with Crippen LogP contribution in [0.15, 0.2) is 78.0 Å². The molecule has 3 aromatic heterocycles. The first-order valence-corrected chi connectivity index (χ1v) is 10.2. The van der Waals surface area contributed by atoms with E-state index >= 15 is 0 Å². The van der Waals surface area contributed by atoms with Crippen molar-refractivity contribution in [3.63, 3.8) is 0 Å². The number of aromatic nitrogens is 4. The van der Waals surface area contributed by atoms with Gasteiger partial charge in [0.2, 0.25) is 5.88 Å². The van der Waals surface area contributed by atoms with Gasteiger partial charge in [0.05, 0.1) is 34.4 Å². The van der Waals surface area contributed by atoms with Crippen LogP contribution in [0.1, 0.15) is 6.92 Å². The summed E-state index contributed by atoms with van der Waals surface area (Å²) in [5.74, 6) is 0.475. The van der Waals surface area contributed by atoms with Gasteiger partial charge in [-0.25, -0.2) is 4.98 Å². The molecule has 0 aliphatic rings. The molecule has 0 aliphatic carbocycles. The minimum atomic E-state index is -0.195. The van der Waals surface area contributed by atoms with Crippen molar-refractivity contribution in [1.29, 1.82) is 0 Å². The number of fused-ring (bicyclic) bond motifs is 2. The molecule has 2 aromatic carbocycles. The van der Waals surface area contributed by atoms with Crippen molar-refractivity contribution in [3.8, 4) is 22.7 Å². The van der Waals surface area contributed by atoms with E-state index in [9.17, 15) is 4.79 Å². The fourth-order valence-electron chi connectivity index (χ4n) is 3.57. The molecular weight excluding hydrogens is 412 g/mol. The van der Waals surface area contributed by atoms with Crippen LogP contribution in [0.2, 0.25) is 5.02 Å². The smallest absolute Gasteiger partial charge is 0.265 e. The molecule has 0 saturated carbocycles.